The van der Waals surface area contributed by atoms with E-state index in [0.717, 1.165) is 12.5 Å². The van der Waals surface area contributed by atoms with Crippen LogP contribution in [-0.4, -0.2) is 16.9 Å². The third-order valence-corrected chi connectivity index (χ3v) is 4.81. The van der Waals surface area contributed by atoms with Gasteiger partial charge in [0.05, 0.1) is 17.5 Å². The van der Waals surface area contributed by atoms with Crippen molar-refractivity contribution in [1.82, 2.24) is 10.3 Å². The number of rotatable bonds is 4. The van der Waals surface area contributed by atoms with E-state index in [4.69, 9.17) is 5.73 Å². The number of pyridine rings is 1. The second-order valence-corrected chi connectivity index (χ2v) is 6.75. The molecular weight excluding hydrogens is 323 g/mol. The fourth-order valence-corrected chi connectivity index (χ4v) is 3.32. The van der Waals surface area contributed by atoms with E-state index in [1.165, 1.54) is 0 Å². The van der Waals surface area contributed by atoms with E-state index in [-0.39, 0.29) is 30.1 Å². The summed E-state index contributed by atoms with van der Waals surface area (Å²) >= 11 is 0. The van der Waals surface area contributed by atoms with E-state index in [9.17, 15) is 22.8 Å². The highest BCUT2D eigenvalue weighted by Gasteiger charge is 2.46. The quantitative estimate of drug-likeness (QED) is 0.781. The van der Waals surface area contributed by atoms with Gasteiger partial charge in [-0.2, -0.15) is 13.2 Å². The average Bonchev–Trinajstić information content (AvgIpc) is 2.87. The fourth-order valence-electron chi connectivity index (χ4n) is 3.32. The number of carbonyl (C=O) groups excluding carboxylic acids is 1. The van der Waals surface area contributed by atoms with E-state index in [1.54, 1.807) is 0 Å². The standard InChI is InChI=1S/C16H22F3N3O2/c1-9(2)15(4-3-11(20)7-15)14(24)21-8-12-5-10(16(17,18)19)6-13(23)22-12/h5-6,9,11H,3-4,7-8,20H2,1-2H3,(H,21,24)(H,22,23)/t11-,15+/m1/s1. The number of halogens is 3. The number of aromatic nitrogens is 1. The smallest absolute Gasteiger partial charge is 0.350 e. The number of nitrogens with one attached hydrogen (secondary N) is 2. The zero-order valence-corrected chi connectivity index (χ0v) is 13.7. The number of H-pyrrole nitrogens is 1. The molecule has 134 valence electrons. The number of amides is 1. The molecule has 2 atom stereocenters. The highest BCUT2D eigenvalue weighted by atomic mass is 19.4. The van der Waals surface area contributed by atoms with Gasteiger partial charge in [-0.15, -0.1) is 0 Å². The molecule has 1 aliphatic rings. The molecule has 1 saturated carbocycles. The summed E-state index contributed by atoms with van der Waals surface area (Å²) in [7, 11) is 0. The number of alkyl halides is 3. The summed E-state index contributed by atoms with van der Waals surface area (Å²) in [5.41, 5.74) is 3.45. The molecule has 1 fully saturated rings. The molecule has 1 amide bonds. The van der Waals surface area contributed by atoms with Gasteiger partial charge in [0.1, 0.15) is 0 Å². The summed E-state index contributed by atoms with van der Waals surface area (Å²) in [6.45, 7) is 3.70. The molecule has 1 aliphatic carbocycles. The van der Waals surface area contributed by atoms with Crippen LogP contribution in [0.4, 0.5) is 13.2 Å². The zero-order chi connectivity index (χ0) is 18.1. The van der Waals surface area contributed by atoms with Crippen LogP contribution in [0.5, 0.6) is 0 Å². The van der Waals surface area contributed by atoms with Crippen LogP contribution < -0.4 is 16.6 Å². The van der Waals surface area contributed by atoms with Crippen molar-refractivity contribution in [3.05, 3.63) is 33.7 Å². The van der Waals surface area contributed by atoms with Gasteiger partial charge >= 0.3 is 6.18 Å². The van der Waals surface area contributed by atoms with Crippen LogP contribution in [0.15, 0.2) is 16.9 Å². The Balaban J connectivity index is 2.14. The Morgan fingerprint density at radius 1 is 1.46 bits per heavy atom. The molecular formula is C16H22F3N3O2. The van der Waals surface area contributed by atoms with Crippen molar-refractivity contribution in [2.24, 2.45) is 17.1 Å². The molecule has 0 aromatic carbocycles. The molecule has 0 unspecified atom stereocenters. The molecule has 1 heterocycles. The predicted octanol–water partition coefficient (Wildman–Crippen LogP) is 2.16. The van der Waals surface area contributed by atoms with Crippen molar-refractivity contribution in [3.63, 3.8) is 0 Å². The van der Waals surface area contributed by atoms with Gasteiger partial charge in [-0.3, -0.25) is 9.59 Å². The number of hydrogen-bond donors (Lipinski definition) is 3. The molecule has 0 radical (unpaired) electrons. The van der Waals surface area contributed by atoms with Crippen molar-refractivity contribution in [3.8, 4) is 0 Å². The van der Waals surface area contributed by atoms with Gasteiger partial charge in [-0.05, 0) is 31.2 Å². The highest BCUT2D eigenvalue weighted by Crippen LogP contribution is 2.44. The minimum Gasteiger partial charge on any atom is -0.350 e. The Morgan fingerprint density at radius 2 is 2.12 bits per heavy atom. The summed E-state index contributed by atoms with van der Waals surface area (Å²) in [5, 5.41) is 2.66. The van der Waals surface area contributed by atoms with Crippen LogP contribution in [0.1, 0.15) is 44.4 Å². The molecule has 4 N–H and O–H groups in total. The van der Waals surface area contributed by atoms with E-state index >= 15 is 0 Å². The Bertz CT molecular complexity index is 669. The van der Waals surface area contributed by atoms with Crippen LogP contribution in [0.3, 0.4) is 0 Å². The van der Waals surface area contributed by atoms with Crippen molar-refractivity contribution in [2.45, 2.75) is 51.9 Å². The van der Waals surface area contributed by atoms with Crippen molar-refractivity contribution >= 4 is 5.91 Å². The van der Waals surface area contributed by atoms with E-state index in [0.29, 0.717) is 18.9 Å². The van der Waals surface area contributed by atoms with E-state index < -0.39 is 22.7 Å². The largest absolute Gasteiger partial charge is 0.416 e. The van der Waals surface area contributed by atoms with Gasteiger partial charge in [0.25, 0.3) is 0 Å². The van der Waals surface area contributed by atoms with Crippen LogP contribution in [-0.2, 0) is 17.5 Å². The molecule has 8 heteroatoms. The fraction of sp³-hybridized carbons (Fsp3) is 0.625. The summed E-state index contributed by atoms with van der Waals surface area (Å²) in [6.07, 6.45) is -2.66. The highest BCUT2D eigenvalue weighted by molar-refractivity contribution is 5.83. The molecule has 0 saturated heterocycles. The van der Waals surface area contributed by atoms with Crippen molar-refractivity contribution in [1.29, 1.82) is 0 Å². The predicted molar refractivity (Wildman–Crippen MR) is 83.0 cm³/mol. The SMILES string of the molecule is CC(C)[C@]1(C(=O)NCc2cc(C(F)(F)F)cc(=O)[nH]2)CC[C@@H](N)C1. The third-order valence-electron chi connectivity index (χ3n) is 4.81. The first-order valence-corrected chi connectivity index (χ1v) is 7.89. The Labute approximate surface area is 137 Å². The molecule has 0 aliphatic heterocycles. The monoisotopic (exact) mass is 345 g/mol. The van der Waals surface area contributed by atoms with Crippen molar-refractivity contribution < 1.29 is 18.0 Å². The Hall–Kier alpha value is -1.83. The molecule has 24 heavy (non-hydrogen) atoms. The molecule has 1 aromatic rings. The van der Waals surface area contributed by atoms with Gasteiger partial charge in [-0.25, -0.2) is 0 Å². The van der Waals surface area contributed by atoms with Crippen LogP contribution in [0, 0.1) is 11.3 Å². The van der Waals surface area contributed by atoms with Gasteiger partial charge in [-0.1, -0.05) is 13.8 Å². The van der Waals surface area contributed by atoms with Gasteiger partial charge in [0.15, 0.2) is 0 Å². The minimum atomic E-state index is -4.61. The topological polar surface area (TPSA) is 88.0 Å². The maximum atomic E-state index is 12.7. The van der Waals surface area contributed by atoms with Gasteiger partial charge in [0, 0.05) is 17.8 Å². The number of nitrogens with two attached hydrogens (primary N) is 1. The molecule has 0 bridgehead atoms. The molecule has 0 spiro atoms. The summed E-state index contributed by atoms with van der Waals surface area (Å²) in [5.74, 6) is -0.171. The van der Waals surface area contributed by atoms with Crippen LogP contribution in [0.2, 0.25) is 0 Å². The number of aromatic amines is 1. The normalized spacial score (nSPS) is 24.4. The average molecular weight is 345 g/mol. The summed E-state index contributed by atoms with van der Waals surface area (Å²) in [6, 6.07) is 1.28. The lowest BCUT2D eigenvalue weighted by molar-refractivity contribution is -0.137. The number of carbonyl (C=O) groups is 1. The Kier molecular flexibility index (Phi) is 5.08. The van der Waals surface area contributed by atoms with Crippen molar-refractivity contribution in [2.75, 3.05) is 0 Å². The maximum Gasteiger partial charge on any atom is 0.416 e. The van der Waals surface area contributed by atoms with E-state index in [1.807, 2.05) is 13.8 Å². The molecule has 5 nitrogen and oxygen atoms in total. The second kappa shape index (κ2) is 6.58. The van der Waals surface area contributed by atoms with Gasteiger partial charge in [0.2, 0.25) is 11.5 Å². The van der Waals surface area contributed by atoms with E-state index in [2.05, 4.69) is 10.3 Å². The minimum absolute atomic E-state index is 0.0179. The summed E-state index contributed by atoms with van der Waals surface area (Å²) < 4.78 is 38.2. The second-order valence-electron chi connectivity index (χ2n) is 6.75. The molecule has 2 rings (SSSR count). The Morgan fingerprint density at radius 3 is 2.62 bits per heavy atom. The molecule has 1 aromatic heterocycles. The van der Waals surface area contributed by atoms with Crippen LogP contribution >= 0.6 is 0 Å². The maximum absolute atomic E-state index is 12.7. The third kappa shape index (κ3) is 3.80. The van der Waals surface area contributed by atoms with Crippen LogP contribution in [0.25, 0.3) is 0 Å². The first-order chi connectivity index (χ1) is 11.0. The zero-order valence-electron chi connectivity index (χ0n) is 13.7. The lowest BCUT2D eigenvalue weighted by Gasteiger charge is -2.32. The number of hydrogen-bond acceptors (Lipinski definition) is 3. The first-order valence-electron chi connectivity index (χ1n) is 7.89. The van der Waals surface area contributed by atoms with Gasteiger partial charge < -0.3 is 16.0 Å². The lowest BCUT2D eigenvalue weighted by atomic mass is 9.74. The lowest BCUT2D eigenvalue weighted by Crippen LogP contribution is -2.43. The first kappa shape index (κ1) is 18.5. The summed E-state index contributed by atoms with van der Waals surface area (Å²) in [4.78, 5) is 26.3.